The van der Waals surface area contributed by atoms with Crippen LogP contribution in [-0.4, -0.2) is 49.9 Å². The summed E-state index contributed by atoms with van der Waals surface area (Å²) < 4.78 is 6.50. The molecular formula is C13H20N4O6. The molecule has 128 valence electrons. The van der Waals surface area contributed by atoms with Gasteiger partial charge in [0, 0.05) is 13.0 Å². The molecule has 0 fully saturated rings. The summed E-state index contributed by atoms with van der Waals surface area (Å²) in [6.45, 7) is 5.38. The second-order valence-corrected chi connectivity index (χ2v) is 5.84. The fourth-order valence-electron chi connectivity index (χ4n) is 1.66. The number of nitro groups is 1. The third-order valence-electron chi connectivity index (χ3n) is 2.69. The topological polar surface area (TPSA) is 137 Å². The van der Waals surface area contributed by atoms with Crippen molar-refractivity contribution in [1.29, 1.82) is 0 Å². The van der Waals surface area contributed by atoms with Gasteiger partial charge in [-0.25, -0.2) is 4.79 Å². The van der Waals surface area contributed by atoms with Crippen molar-refractivity contribution in [2.24, 2.45) is 0 Å². The van der Waals surface area contributed by atoms with Gasteiger partial charge in [-0.05, 0) is 25.7 Å². The Bertz CT molecular complexity index is 577. The van der Waals surface area contributed by atoms with E-state index in [1.165, 1.54) is 6.20 Å². The average molecular weight is 328 g/mol. The molecule has 1 heterocycles. The first-order valence-electron chi connectivity index (χ1n) is 6.92. The summed E-state index contributed by atoms with van der Waals surface area (Å²) >= 11 is 0. The largest absolute Gasteiger partial charge is 0.480 e. The lowest BCUT2D eigenvalue weighted by atomic mass is 10.2. The van der Waals surface area contributed by atoms with Gasteiger partial charge in [0.2, 0.25) is 5.91 Å². The Kier molecular flexibility index (Phi) is 6.19. The van der Waals surface area contributed by atoms with Crippen LogP contribution in [0.3, 0.4) is 0 Å². The van der Waals surface area contributed by atoms with Gasteiger partial charge in [-0.15, -0.1) is 0 Å². The molecule has 0 aliphatic carbocycles. The molecule has 0 aromatic carbocycles. The van der Waals surface area contributed by atoms with Crippen molar-refractivity contribution in [1.82, 2.24) is 15.1 Å². The van der Waals surface area contributed by atoms with E-state index in [0.717, 1.165) is 10.7 Å². The van der Waals surface area contributed by atoms with Crippen molar-refractivity contribution in [3.63, 3.8) is 0 Å². The van der Waals surface area contributed by atoms with E-state index in [-0.39, 0.29) is 25.4 Å². The summed E-state index contributed by atoms with van der Waals surface area (Å²) in [5, 5.41) is 25.5. The van der Waals surface area contributed by atoms with Crippen LogP contribution < -0.4 is 5.32 Å². The molecule has 1 aromatic heterocycles. The van der Waals surface area contributed by atoms with E-state index in [2.05, 4.69) is 10.4 Å². The summed E-state index contributed by atoms with van der Waals surface area (Å²) in [6, 6.07) is 0.0504. The number of carboxylic acid groups (broad SMARTS) is 1. The Hall–Kier alpha value is -2.49. The molecule has 1 amide bonds. The van der Waals surface area contributed by atoms with E-state index in [0.29, 0.717) is 0 Å². The Labute approximate surface area is 132 Å². The van der Waals surface area contributed by atoms with Gasteiger partial charge in [0.1, 0.15) is 12.6 Å². The Morgan fingerprint density at radius 3 is 2.65 bits per heavy atom. The van der Waals surface area contributed by atoms with Crippen molar-refractivity contribution in [2.75, 3.05) is 6.61 Å². The van der Waals surface area contributed by atoms with Gasteiger partial charge >= 0.3 is 11.8 Å². The van der Waals surface area contributed by atoms with Gasteiger partial charge in [-0.3, -0.25) is 4.79 Å². The van der Waals surface area contributed by atoms with Crippen LogP contribution in [-0.2, 0) is 20.9 Å². The molecule has 1 rings (SSSR count). The molecule has 1 atom stereocenters. The third-order valence-corrected chi connectivity index (χ3v) is 2.69. The van der Waals surface area contributed by atoms with Gasteiger partial charge < -0.3 is 25.3 Å². The molecule has 1 aromatic rings. The van der Waals surface area contributed by atoms with Gasteiger partial charge in [-0.1, -0.05) is 0 Å². The van der Waals surface area contributed by atoms with Crippen molar-refractivity contribution in [2.45, 2.75) is 45.4 Å². The first kappa shape index (κ1) is 18.6. The van der Waals surface area contributed by atoms with Crippen LogP contribution in [0.25, 0.3) is 0 Å². The van der Waals surface area contributed by atoms with Gasteiger partial charge in [0.25, 0.3) is 0 Å². The molecule has 2 N–H and O–H groups in total. The van der Waals surface area contributed by atoms with Crippen LogP contribution in [0.2, 0.25) is 0 Å². The summed E-state index contributed by atoms with van der Waals surface area (Å²) in [5.41, 5.74) is -0.402. The van der Waals surface area contributed by atoms with Crippen LogP contribution in [0.1, 0.15) is 27.2 Å². The smallest absolute Gasteiger partial charge is 0.389 e. The van der Waals surface area contributed by atoms with E-state index in [9.17, 15) is 19.7 Å². The molecule has 0 spiro atoms. The highest BCUT2D eigenvalue weighted by Crippen LogP contribution is 2.08. The number of aromatic nitrogens is 2. The number of carboxylic acids is 1. The minimum Gasteiger partial charge on any atom is -0.480 e. The lowest BCUT2D eigenvalue weighted by molar-refractivity contribution is -0.389. The Balaban J connectivity index is 2.53. The summed E-state index contributed by atoms with van der Waals surface area (Å²) in [7, 11) is 0. The van der Waals surface area contributed by atoms with Gasteiger partial charge in [0.15, 0.2) is 0 Å². The summed E-state index contributed by atoms with van der Waals surface area (Å²) in [4.78, 5) is 32.8. The van der Waals surface area contributed by atoms with E-state index in [1.807, 2.05) is 20.8 Å². The van der Waals surface area contributed by atoms with Crippen molar-refractivity contribution in [3.8, 4) is 0 Å². The number of ether oxygens (including phenoxy) is 1. The number of nitrogens with one attached hydrogen (secondary N) is 1. The molecule has 10 nitrogen and oxygen atoms in total. The number of nitrogens with zero attached hydrogens (tertiary/aromatic N) is 3. The molecule has 0 radical (unpaired) electrons. The lowest BCUT2D eigenvalue weighted by Crippen LogP contribution is -2.43. The number of aliphatic carboxylic acids is 1. The zero-order valence-corrected chi connectivity index (χ0v) is 13.2. The summed E-state index contributed by atoms with van der Waals surface area (Å²) in [5.74, 6) is -2.17. The second kappa shape index (κ2) is 7.68. The normalized spacial score (nSPS) is 12.7. The maximum absolute atomic E-state index is 11.8. The van der Waals surface area contributed by atoms with E-state index in [1.54, 1.807) is 0 Å². The fraction of sp³-hybridized carbons (Fsp3) is 0.615. The highest BCUT2D eigenvalue weighted by Gasteiger charge is 2.22. The number of rotatable bonds is 8. The van der Waals surface area contributed by atoms with E-state index >= 15 is 0 Å². The van der Waals surface area contributed by atoms with Gasteiger partial charge in [-0.2, -0.15) is 4.68 Å². The van der Waals surface area contributed by atoms with Gasteiger partial charge in [0.05, 0.1) is 23.0 Å². The summed E-state index contributed by atoms with van der Waals surface area (Å²) in [6.07, 6.45) is 1.38. The first-order chi connectivity index (χ1) is 10.6. The quantitative estimate of drug-likeness (QED) is 0.525. The minimum atomic E-state index is -1.18. The zero-order chi connectivity index (χ0) is 17.6. The fourth-order valence-corrected chi connectivity index (χ4v) is 1.66. The lowest BCUT2D eigenvalue weighted by Gasteiger charge is -2.21. The average Bonchev–Trinajstić information content (AvgIpc) is 2.84. The highest BCUT2D eigenvalue weighted by atomic mass is 16.6. The predicted molar refractivity (Wildman–Crippen MR) is 78.8 cm³/mol. The number of carbonyl (C=O) groups excluding carboxylic acids is 1. The maximum atomic E-state index is 11.8. The van der Waals surface area contributed by atoms with E-state index in [4.69, 9.17) is 9.84 Å². The van der Waals surface area contributed by atoms with Crippen LogP contribution >= 0.6 is 0 Å². The number of hydrogen-bond donors (Lipinski definition) is 2. The first-order valence-corrected chi connectivity index (χ1v) is 6.92. The monoisotopic (exact) mass is 328 g/mol. The standard InChI is InChI=1S/C13H20N4O6/c1-13(2,3)23-7-5-9(12(19)20)14-11(18)8-16-6-4-10(15-16)17(21)22/h4,6,9H,5,7-8H2,1-3H3,(H,14,18)(H,19,20). The molecule has 1 unspecified atom stereocenters. The predicted octanol–water partition coefficient (Wildman–Crippen LogP) is 0.566. The third kappa shape index (κ3) is 6.87. The number of hydrogen-bond acceptors (Lipinski definition) is 6. The zero-order valence-electron chi connectivity index (χ0n) is 13.2. The van der Waals surface area contributed by atoms with Crippen LogP contribution in [0.15, 0.2) is 12.3 Å². The highest BCUT2D eigenvalue weighted by molar-refractivity contribution is 5.83. The Morgan fingerprint density at radius 1 is 1.52 bits per heavy atom. The van der Waals surface area contributed by atoms with Crippen LogP contribution in [0.4, 0.5) is 5.82 Å². The molecule has 0 aliphatic heterocycles. The molecule has 0 saturated heterocycles. The maximum Gasteiger partial charge on any atom is 0.389 e. The Morgan fingerprint density at radius 2 is 2.17 bits per heavy atom. The molecule has 0 aliphatic rings. The number of carbonyl (C=O) groups is 2. The van der Waals surface area contributed by atoms with E-state index < -0.39 is 28.4 Å². The van der Waals surface area contributed by atoms with Crippen LogP contribution in [0.5, 0.6) is 0 Å². The molecule has 0 bridgehead atoms. The van der Waals surface area contributed by atoms with Crippen LogP contribution in [0, 0.1) is 10.1 Å². The molecular weight excluding hydrogens is 308 g/mol. The molecule has 23 heavy (non-hydrogen) atoms. The minimum absolute atomic E-state index is 0.109. The van der Waals surface area contributed by atoms with Crippen molar-refractivity contribution < 1.29 is 24.4 Å². The SMILES string of the molecule is CC(C)(C)OCCC(NC(=O)Cn1ccc([N+](=O)[O-])n1)C(=O)O. The second-order valence-electron chi connectivity index (χ2n) is 5.84. The molecule has 0 saturated carbocycles. The van der Waals surface area contributed by atoms with Crippen molar-refractivity contribution in [3.05, 3.63) is 22.4 Å². The number of amides is 1. The molecule has 10 heteroatoms. The van der Waals surface area contributed by atoms with Crippen molar-refractivity contribution >= 4 is 17.7 Å².